The number of likely N-dealkylation sites (tertiary alicyclic amines) is 1. The largest absolute Gasteiger partial charge is 0.444 e. The third kappa shape index (κ3) is 8.15. The molecule has 1 aliphatic rings. The first kappa shape index (κ1) is 33.2. The molecule has 10 heteroatoms. The molecule has 0 spiro atoms. The molecule has 1 aliphatic heterocycles. The van der Waals surface area contributed by atoms with Crippen LogP contribution >= 0.6 is 0 Å². The minimum Gasteiger partial charge on any atom is -0.444 e. The summed E-state index contributed by atoms with van der Waals surface area (Å²) in [5.74, 6) is 2.13. The number of piperidine rings is 1. The van der Waals surface area contributed by atoms with Gasteiger partial charge in [0, 0.05) is 58.8 Å². The highest BCUT2D eigenvalue weighted by Gasteiger charge is 2.30. The summed E-state index contributed by atoms with van der Waals surface area (Å²) >= 11 is 0. The topological polar surface area (TPSA) is 104 Å². The Balaban J connectivity index is 1.31. The number of benzene rings is 2. The van der Waals surface area contributed by atoms with Crippen LogP contribution < -0.4 is 5.32 Å². The number of aromatic nitrogens is 4. The number of nitrogens with zero attached hydrogens (tertiary/aromatic N) is 5. The van der Waals surface area contributed by atoms with Crippen molar-refractivity contribution in [3.05, 3.63) is 71.9 Å². The number of fused-ring (bicyclic) bond motifs is 1. The highest BCUT2D eigenvalue weighted by atomic mass is 16.6. The lowest BCUT2D eigenvalue weighted by Crippen LogP contribution is -2.46. The number of carbonyl (C=O) groups excluding carboxylic acids is 2. The number of imidazole rings is 2. The number of methoxy groups -OCH3 is 1. The number of alkyl carbamates (subject to hydrolysis) is 1. The Morgan fingerprint density at radius 1 is 1.11 bits per heavy atom. The molecule has 10 nitrogen and oxygen atoms in total. The predicted octanol–water partition coefficient (Wildman–Crippen LogP) is 6.01. The molecule has 5 rings (SSSR count). The molecule has 2 aromatic carbocycles. The Hall–Kier alpha value is -4.18. The van der Waals surface area contributed by atoms with Gasteiger partial charge in [0.2, 0.25) is 5.91 Å². The van der Waals surface area contributed by atoms with E-state index in [1.165, 1.54) is 0 Å². The Morgan fingerprint density at radius 2 is 1.87 bits per heavy atom. The van der Waals surface area contributed by atoms with Crippen LogP contribution in [-0.2, 0) is 34.3 Å². The molecule has 2 unspecified atom stereocenters. The molecule has 2 atom stereocenters. The molecule has 2 amide bonds. The van der Waals surface area contributed by atoms with Crippen molar-refractivity contribution >= 4 is 23.0 Å². The van der Waals surface area contributed by atoms with Crippen LogP contribution in [0.25, 0.3) is 22.3 Å². The maximum atomic E-state index is 13.9. The number of nitrogens with one attached hydrogen (secondary N) is 1. The van der Waals surface area contributed by atoms with E-state index in [4.69, 9.17) is 14.5 Å². The molecule has 246 valence electrons. The number of para-hydroxylation sites is 2. The van der Waals surface area contributed by atoms with Gasteiger partial charge in [-0.05, 0) is 76.6 Å². The zero-order valence-electron chi connectivity index (χ0n) is 28.1. The Labute approximate surface area is 272 Å². The summed E-state index contributed by atoms with van der Waals surface area (Å²) in [5, 5.41) is 3.00. The van der Waals surface area contributed by atoms with E-state index in [1.54, 1.807) is 7.11 Å². The summed E-state index contributed by atoms with van der Waals surface area (Å²) in [6, 6.07) is 16.0. The number of ether oxygens (including phenoxy) is 2. The van der Waals surface area contributed by atoms with Crippen molar-refractivity contribution in [3.8, 4) is 11.3 Å². The van der Waals surface area contributed by atoms with Crippen molar-refractivity contribution in [2.45, 2.75) is 83.9 Å². The normalized spacial score (nSPS) is 16.0. The van der Waals surface area contributed by atoms with Crippen LogP contribution in [0, 0.1) is 6.92 Å². The van der Waals surface area contributed by atoms with E-state index >= 15 is 0 Å². The van der Waals surface area contributed by atoms with Gasteiger partial charge >= 0.3 is 6.09 Å². The van der Waals surface area contributed by atoms with Gasteiger partial charge in [0.1, 0.15) is 17.2 Å². The molecule has 0 saturated carbocycles. The minimum atomic E-state index is -0.643. The average molecular weight is 629 g/mol. The second kappa shape index (κ2) is 14.5. The second-order valence-electron chi connectivity index (χ2n) is 13.3. The summed E-state index contributed by atoms with van der Waals surface area (Å²) in [6.45, 7) is 10.3. The van der Waals surface area contributed by atoms with E-state index in [9.17, 15) is 9.59 Å². The maximum absolute atomic E-state index is 13.9. The van der Waals surface area contributed by atoms with E-state index in [0.29, 0.717) is 26.1 Å². The van der Waals surface area contributed by atoms with Crippen LogP contribution in [0.1, 0.15) is 69.6 Å². The fraction of sp³-hybridized carbons (Fsp3) is 0.500. The van der Waals surface area contributed by atoms with E-state index < -0.39 is 17.7 Å². The number of carbonyl (C=O) groups is 2. The van der Waals surface area contributed by atoms with Crippen LogP contribution in [0.15, 0.2) is 54.7 Å². The minimum absolute atomic E-state index is 0.0229. The smallest absolute Gasteiger partial charge is 0.407 e. The first-order chi connectivity index (χ1) is 22.0. The summed E-state index contributed by atoms with van der Waals surface area (Å²) in [7, 11) is 3.72. The molecule has 4 aromatic rings. The number of amides is 2. The van der Waals surface area contributed by atoms with Crippen LogP contribution in [0.4, 0.5) is 4.79 Å². The molecule has 0 bridgehead atoms. The zero-order valence-corrected chi connectivity index (χ0v) is 28.1. The Bertz CT molecular complexity index is 1630. The second-order valence-corrected chi connectivity index (χ2v) is 13.3. The quantitative estimate of drug-likeness (QED) is 0.204. The van der Waals surface area contributed by atoms with Gasteiger partial charge in [0.15, 0.2) is 0 Å². The summed E-state index contributed by atoms with van der Waals surface area (Å²) in [6.07, 6.45) is 4.79. The van der Waals surface area contributed by atoms with Gasteiger partial charge in [0.25, 0.3) is 0 Å². The molecule has 0 aliphatic carbocycles. The van der Waals surface area contributed by atoms with Gasteiger partial charge in [0.05, 0.1) is 22.9 Å². The van der Waals surface area contributed by atoms with Crippen LogP contribution in [0.2, 0.25) is 0 Å². The van der Waals surface area contributed by atoms with Crippen molar-refractivity contribution in [2.75, 3.05) is 26.8 Å². The van der Waals surface area contributed by atoms with Gasteiger partial charge in [-0.1, -0.05) is 36.4 Å². The van der Waals surface area contributed by atoms with E-state index in [1.807, 2.05) is 58.0 Å². The Kier molecular flexibility index (Phi) is 10.5. The predicted molar refractivity (Wildman–Crippen MR) is 180 cm³/mol. The summed E-state index contributed by atoms with van der Waals surface area (Å²) in [4.78, 5) is 38.1. The molecule has 46 heavy (non-hydrogen) atoms. The fourth-order valence-electron chi connectivity index (χ4n) is 6.28. The van der Waals surface area contributed by atoms with Gasteiger partial charge < -0.3 is 28.8 Å². The lowest BCUT2D eigenvalue weighted by Gasteiger charge is -2.34. The standard InChI is InChI=1S/C36H48N6O4/c1-25-37-23-32(40(25)5)27-16-14-26(15-17-27)21-29(38-35(44)46-36(2,3)4)22-33(43)41-18-9-11-28(24-41)34-39-30-12-7-8-13-31(30)42(34)19-10-20-45-6/h7-8,12-17,23,28-29H,9-11,18-22,24H2,1-6H3,(H,38,44). The van der Waals surface area contributed by atoms with Crippen molar-refractivity contribution < 1.29 is 19.1 Å². The van der Waals surface area contributed by atoms with Gasteiger partial charge in [-0.25, -0.2) is 14.8 Å². The first-order valence-corrected chi connectivity index (χ1v) is 16.3. The first-order valence-electron chi connectivity index (χ1n) is 16.3. The highest BCUT2D eigenvalue weighted by Crippen LogP contribution is 2.30. The van der Waals surface area contributed by atoms with Crippen molar-refractivity contribution in [2.24, 2.45) is 7.05 Å². The lowest BCUT2D eigenvalue weighted by atomic mass is 9.95. The molecule has 0 radical (unpaired) electrons. The molecule has 3 heterocycles. The molecule has 2 aromatic heterocycles. The van der Waals surface area contributed by atoms with Gasteiger partial charge in [-0.2, -0.15) is 0 Å². The van der Waals surface area contributed by atoms with E-state index in [-0.39, 0.29) is 18.2 Å². The van der Waals surface area contributed by atoms with Crippen molar-refractivity contribution in [1.29, 1.82) is 0 Å². The number of hydrogen-bond acceptors (Lipinski definition) is 6. The van der Waals surface area contributed by atoms with Gasteiger partial charge in [-0.15, -0.1) is 0 Å². The molecule has 1 saturated heterocycles. The summed E-state index contributed by atoms with van der Waals surface area (Å²) < 4.78 is 15.3. The van der Waals surface area contributed by atoms with Crippen LogP contribution in [0.5, 0.6) is 0 Å². The molecular weight excluding hydrogens is 580 g/mol. The third-order valence-electron chi connectivity index (χ3n) is 8.65. The summed E-state index contributed by atoms with van der Waals surface area (Å²) in [5.41, 5.74) is 4.57. The monoisotopic (exact) mass is 628 g/mol. The van der Waals surface area contributed by atoms with E-state index in [0.717, 1.165) is 65.3 Å². The number of rotatable bonds is 11. The van der Waals surface area contributed by atoms with Crippen molar-refractivity contribution in [3.63, 3.8) is 0 Å². The molecule has 1 N–H and O–H groups in total. The SMILES string of the molecule is COCCCn1c(C2CCCN(C(=O)CC(Cc3ccc(-c4cnc(C)n4C)cc3)NC(=O)OC(C)(C)C)C2)nc2ccccc21. The van der Waals surface area contributed by atoms with E-state index in [2.05, 4.69) is 55.8 Å². The third-order valence-corrected chi connectivity index (χ3v) is 8.65. The molecular formula is C36H48N6O4. The highest BCUT2D eigenvalue weighted by molar-refractivity contribution is 5.79. The lowest BCUT2D eigenvalue weighted by molar-refractivity contribution is -0.132. The fourth-order valence-corrected chi connectivity index (χ4v) is 6.28. The van der Waals surface area contributed by atoms with Crippen LogP contribution in [-0.4, -0.2) is 74.5 Å². The van der Waals surface area contributed by atoms with Crippen LogP contribution in [0.3, 0.4) is 0 Å². The number of aryl methyl sites for hydroxylation is 2. The average Bonchev–Trinajstić information content (AvgIpc) is 3.56. The zero-order chi connectivity index (χ0) is 32.8. The maximum Gasteiger partial charge on any atom is 0.407 e. The van der Waals surface area contributed by atoms with Crippen molar-refractivity contribution in [1.82, 2.24) is 29.3 Å². The number of hydrogen-bond donors (Lipinski definition) is 1. The van der Waals surface area contributed by atoms with Gasteiger partial charge in [-0.3, -0.25) is 4.79 Å². The Morgan fingerprint density at radius 3 is 2.57 bits per heavy atom. The molecule has 1 fully saturated rings.